The number of rotatable bonds is 4. The number of carbonyl (C=O) groups is 1. The van der Waals surface area contributed by atoms with Crippen LogP contribution in [0.25, 0.3) is 0 Å². The molecule has 1 aromatic rings. The van der Waals surface area contributed by atoms with Crippen molar-refractivity contribution in [2.75, 3.05) is 38.0 Å². The molecule has 2 aliphatic heterocycles. The van der Waals surface area contributed by atoms with E-state index < -0.39 is 0 Å². The van der Waals surface area contributed by atoms with Crippen molar-refractivity contribution in [3.05, 3.63) is 28.2 Å². The van der Waals surface area contributed by atoms with Gasteiger partial charge in [-0.15, -0.1) is 12.4 Å². The second-order valence-electron chi connectivity index (χ2n) is 6.89. The Morgan fingerprint density at radius 3 is 2.44 bits per heavy atom. The first-order valence-electron chi connectivity index (χ1n) is 8.81. The minimum Gasteiger partial charge on any atom is -0.326 e. The molecule has 1 aromatic carbocycles. The summed E-state index contributed by atoms with van der Waals surface area (Å²) in [6.45, 7) is 5.51. The van der Waals surface area contributed by atoms with Crippen LogP contribution in [0.4, 0.5) is 5.69 Å². The van der Waals surface area contributed by atoms with E-state index in [2.05, 4.69) is 15.5 Å². The summed E-state index contributed by atoms with van der Waals surface area (Å²) >= 11 is 11.9. The number of benzene rings is 1. The first-order valence-corrected chi connectivity index (χ1v) is 9.56. The molecule has 2 N–H and O–H groups in total. The second kappa shape index (κ2) is 9.98. The monoisotopic (exact) mass is 405 g/mol. The van der Waals surface area contributed by atoms with E-state index >= 15 is 0 Å². The third kappa shape index (κ3) is 6.00. The van der Waals surface area contributed by atoms with Gasteiger partial charge in [0.15, 0.2) is 0 Å². The summed E-state index contributed by atoms with van der Waals surface area (Å²) in [5.41, 5.74) is 0.714. The van der Waals surface area contributed by atoms with Crippen molar-refractivity contribution < 1.29 is 4.79 Å². The summed E-state index contributed by atoms with van der Waals surface area (Å²) in [6, 6.07) is 5.20. The zero-order valence-electron chi connectivity index (χ0n) is 14.3. The zero-order valence-corrected chi connectivity index (χ0v) is 16.6. The molecule has 0 aromatic heterocycles. The van der Waals surface area contributed by atoms with E-state index in [9.17, 15) is 4.79 Å². The van der Waals surface area contributed by atoms with Crippen molar-refractivity contribution in [3.63, 3.8) is 0 Å². The van der Waals surface area contributed by atoms with Gasteiger partial charge in [-0.05, 0) is 76.0 Å². The molecule has 1 amide bonds. The number of halogens is 3. The minimum absolute atomic E-state index is 0. The Morgan fingerprint density at radius 1 is 1.12 bits per heavy atom. The molecule has 0 unspecified atom stereocenters. The van der Waals surface area contributed by atoms with Gasteiger partial charge in [0.05, 0.1) is 10.0 Å². The van der Waals surface area contributed by atoms with Gasteiger partial charge < -0.3 is 15.5 Å². The topological polar surface area (TPSA) is 44.4 Å². The van der Waals surface area contributed by atoms with Gasteiger partial charge in [-0.2, -0.15) is 0 Å². The number of likely N-dealkylation sites (tertiary alicyclic amines) is 1. The highest BCUT2D eigenvalue weighted by Gasteiger charge is 2.26. The molecule has 0 bridgehead atoms. The van der Waals surface area contributed by atoms with Gasteiger partial charge in [-0.25, -0.2) is 0 Å². The highest BCUT2D eigenvalue weighted by Crippen LogP contribution is 2.26. The van der Waals surface area contributed by atoms with Crippen LogP contribution < -0.4 is 10.6 Å². The lowest BCUT2D eigenvalue weighted by atomic mass is 9.93. The Morgan fingerprint density at radius 2 is 1.80 bits per heavy atom. The predicted octanol–water partition coefficient (Wildman–Crippen LogP) is 4.07. The lowest BCUT2D eigenvalue weighted by Crippen LogP contribution is -2.42. The van der Waals surface area contributed by atoms with Gasteiger partial charge in [0.2, 0.25) is 5.91 Å². The third-order valence-corrected chi connectivity index (χ3v) is 5.86. The molecular formula is C18H26Cl3N3O. The fraction of sp³-hybridized carbons (Fsp3) is 0.611. The number of nitrogens with one attached hydrogen (secondary N) is 2. The normalized spacial score (nSPS) is 20.1. The molecule has 140 valence electrons. The molecule has 7 heteroatoms. The fourth-order valence-electron chi connectivity index (χ4n) is 3.63. The third-order valence-electron chi connectivity index (χ3n) is 5.12. The highest BCUT2D eigenvalue weighted by atomic mass is 35.5. The Bertz CT molecular complexity index is 571. The van der Waals surface area contributed by atoms with Gasteiger partial charge in [0.1, 0.15) is 0 Å². The molecule has 0 aliphatic carbocycles. The van der Waals surface area contributed by atoms with E-state index in [1.807, 2.05) is 0 Å². The van der Waals surface area contributed by atoms with Crippen molar-refractivity contribution >= 4 is 47.2 Å². The van der Waals surface area contributed by atoms with Crippen molar-refractivity contribution in [2.45, 2.75) is 25.7 Å². The summed E-state index contributed by atoms with van der Waals surface area (Å²) in [6.07, 6.45) is 4.41. The highest BCUT2D eigenvalue weighted by molar-refractivity contribution is 6.42. The van der Waals surface area contributed by atoms with E-state index in [4.69, 9.17) is 23.2 Å². The number of anilines is 1. The standard InChI is InChI=1S/C18H25Cl2N3O.ClH/c19-16-2-1-15(11-17(16)20)22-18(24)14-5-9-23(10-6-14)12-13-3-7-21-8-4-13;/h1-2,11,13-14,21H,3-10,12H2,(H,22,24);1H. The maximum atomic E-state index is 12.4. The molecule has 2 aliphatic rings. The molecule has 0 atom stereocenters. The SMILES string of the molecule is Cl.O=C(Nc1ccc(Cl)c(Cl)c1)C1CCN(CC2CCNCC2)CC1. The largest absolute Gasteiger partial charge is 0.326 e. The molecule has 0 radical (unpaired) electrons. The number of amides is 1. The Labute approximate surface area is 166 Å². The Kier molecular flexibility index (Phi) is 8.30. The van der Waals surface area contributed by atoms with Gasteiger partial charge in [0, 0.05) is 18.2 Å². The van der Waals surface area contributed by atoms with Crippen LogP contribution in [0.1, 0.15) is 25.7 Å². The molecule has 25 heavy (non-hydrogen) atoms. The van der Waals surface area contributed by atoms with Crippen LogP contribution in [-0.4, -0.2) is 43.5 Å². The predicted molar refractivity (Wildman–Crippen MR) is 107 cm³/mol. The fourth-order valence-corrected chi connectivity index (χ4v) is 3.92. The van der Waals surface area contributed by atoms with Crippen LogP contribution in [0, 0.1) is 11.8 Å². The van der Waals surface area contributed by atoms with Crippen LogP contribution in [-0.2, 0) is 4.79 Å². The van der Waals surface area contributed by atoms with E-state index in [1.54, 1.807) is 18.2 Å². The molecule has 3 rings (SSSR count). The van der Waals surface area contributed by atoms with Crippen molar-refractivity contribution in [1.29, 1.82) is 0 Å². The van der Waals surface area contributed by atoms with Crippen LogP contribution >= 0.6 is 35.6 Å². The van der Waals surface area contributed by atoms with Crippen LogP contribution in [0.3, 0.4) is 0 Å². The average molecular weight is 407 g/mol. The van der Waals surface area contributed by atoms with Crippen molar-refractivity contribution in [2.24, 2.45) is 11.8 Å². The number of piperidine rings is 2. The summed E-state index contributed by atoms with van der Waals surface area (Å²) in [5, 5.41) is 7.35. The lowest BCUT2D eigenvalue weighted by molar-refractivity contribution is -0.121. The molecular weight excluding hydrogens is 381 g/mol. The van der Waals surface area contributed by atoms with Crippen LogP contribution in [0.5, 0.6) is 0 Å². The van der Waals surface area contributed by atoms with E-state index in [0.717, 1.165) is 44.9 Å². The summed E-state index contributed by atoms with van der Waals surface area (Å²) in [5.74, 6) is 0.992. The molecule has 0 spiro atoms. The van der Waals surface area contributed by atoms with Crippen LogP contribution in [0.15, 0.2) is 18.2 Å². The summed E-state index contributed by atoms with van der Waals surface area (Å²) in [7, 11) is 0. The Balaban J connectivity index is 0.00000225. The molecule has 0 saturated carbocycles. The van der Waals surface area contributed by atoms with Crippen molar-refractivity contribution in [1.82, 2.24) is 10.2 Å². The minimum atomic E-state index is 0. The first kappa shape index (κ1) is 20.8. The zero-order chi connectivity index (χ0) is 16.9. The van der Waals surface area contributed by atoms with E-state index in [-0.39, 0.29) is 24.2 Å². The summed E-state index contributed by atoms with van der Waals surface area (Å²) < 4.78 is 0. The van der Waals surface area contributed by atoms with Gasteiger partial charge in [-0.3, -0.25) is 4.79 Å². The quantitative estimate of drug-likeness (QED) is 0.792. The smallest absolute Gasteiger partial charge is 0.227 e. The van der Waals surface area contributed by atoms with Gasteiger partial charge in [0.25, 0.3) is 0 Å². The first-order chi connectivity index (χ1) is 11.6. The van der Waals surface area contributed by atoms with Gasteiger partial charge in [-0.1, -0.05) is 23.2 Å². The number of hydrogen-bond donors (Lipinski definition) is 2. The number of hydrogen-bond acceptors (Lipinski definition) is 3. The van der Waals surface area contributed by atoms with Crippen molar-refractivity contribution in [3.8, 4) is 0 Å². The maximum Gasteiger partial charge on any atom is 0.227 e. The summed E-state index contributed by atoms with van der Waals surface area (Å²) in [4.78, 5) is 15.0. The lowest BCUT2D eigenvalue weighted by Gasteiger charge is -2.35. The number of nitrogens with zero attached hydrogens (tertiary/aromatic N) is 1. The van der Waals surface area contributed by atoms with Crippen LogP contribution in [0.2, 0.25) is 10.0 Å². The maximum absolute atomic E-state index is 12.4. The van der Waals surface area contributed by atoms with E-state index in [0.29, 0.717) is 15.7 Å². The average Bonchev–Trinajstić information content (AvgIpc) is 2.60. The molecule has 2 heterocycles. The number of carbonyl (C=O) groups excluding carboxylic acids is 1. The molecule has 2 fully saturated rings. The van der Waals surface area contributed by atoms with E-state index in [1.165, 1.54) is 19.4 Å². The Hall–Kier alpha value is -0.520. The van der Waals surface area contributed by atoms with Gasteiger partial charge >= 0.3 is 0 Å². The second-order valence-corrected chi connectivity index (χ2v) is 7.70. The molecule has 2 saturated heterocycles. The molecule has 4 nitrogen and oxygen atoms in total.